The number of rotatable bonds is 2. The van der Waals surface area contributed by atoms with Crippen LogP contribution in [0.4, 0.5) is 0 Å². The second-order valence-electron chi connectivity index (χ2n) is 5.73. The van der Waals surface area contributed by atoms with Gasteiger partial charge in [-0.1, -0.05) is 0 Å². The van der Waals surface area contributed by atoms with Crippen molar-refractivity contribution in [2.45, 2.75) is 6.42 Å². The summed E-state index contributed by atoms with van der Waals surface area (Å²) in [4.78, 5) is 9.35. The van der Waals surface area contributed by atoms with Gasteiger partial charge in [0.1, 0.15) is 0 Å². The van der Waals surface area contributed by atoms with E-state index in [1.54, 1.807) is 4.52 Å². The molecular weight excluding hydrogens is 403 g/mol. The third-order valence-electron chi connectivity index (χ3n) is 4.13. The van der Waals surface area contributed by atoms with Crippen LogP contribution in [-0.2, 0) is 6.42 Å². The molecule has 0 fully saturated rings. The Balaban J connectivity index is 1.69. The van der Waals surface area contributed by atoms with E-state index >= 15 is 0 Å². The summed E-state index contributed by atoms with van der Waals surface area (Å²) in [6, 6.07) is 11.6. The SMILES string of the molecule is Clc1cccc2nc(Cc3ccc4c(c3)OCO4)n3nc([AsH2])nc3c12. The van der Waals surface area contributed by atoms with Gasteiger partial charge < -0.3 is 0 Å². The number of ether oxygens (including phenoxy) is 2. The fourth-order valence-electron chi connectivity index (χ4n) is 3.03. The van der Waals surface area contributed by atoms with Crippen LogP contribution in [0.1, 0.15) is 11.4 Å². The Morgan fingerprint density at radius 2 is 2.00 bits per heavy atom. The van der Waals surface area contributed by atoms with E-state index in [1.807, 2.05) is 36.4 Å². The molecule has 0 bridgehead atoms. The molecule has 124 valence electrons. The van der Waals surface area contributed by atoms with Gasteiger partial charge in [-0.2, -0.15) is 0 Å². The van der Waals surface area contributed by atoms with Crippen molar-refractivity contribution in [1.29, 1.82) is 0 Å². The van der Waals surface area contributed by atoms with E-state index in [9.17, 15) is 0 Å². The van der Waals surface area contributed by atoms with Crippen molar-refractivity contribution in [3.05, 3.63) is 52.8 Å². The Bertz CT molecular complexity index is 1140. The molecule has 0 aliphatic carbocycles. The molecule has 1 unspecified atom stereocenters. The van der Waals surface area contributed by atoms with E-state index in [2.05, 4.69) is 10.1 Å². The van der Waals surface area contributed by atoms with Crippen molar-refractivity contribution < 1.29 is 9.47 Å². The van der Waals surface area contributed by atoms with Gasteiger partial charge in [0.05, 0.1) is 0 Å². The summed E-state index contributed by atoms with van der Waals surface area (Å²) in [5.74, 6) is 2.34. The zero-order valence-electron chi connectivity index (χ0n) is 12.9. The van der Waals surface area contributed by atoms with Crippen LogP contribution in [-0.4, -0.2) is 43.2 Å². The number of aromatic nitrogens is 4. The Kier molecular flexibility index (Phi) is 3.37. The fourth-order valence-corrected chi connectivity index (χ4v) is 3.78. The molecule has 2 aromatic heterocycles. The summed E-state index contributed by atoms with van der Waals surface area (Å²) in [6.07, 6.45) is 0.603. The van der Waals surface area contributed by atoms with E-state index in [0.29, 0.717) is 11.4 Å². The van der Waals surface area contributed by atoms with Crippen LogP contribution >= 0.6 is 11.6 Å². The Labute approximate surface area is 156 Å². The number of halogens is 1. The molecule has 1 aliphatic rings. The third kappa shape index (κ3) is 2.44. The molecule has 25 heavy (non-hydrogen) atoms. The molecule has 2 aromatic carbocycles. The van der Waals surface area contributed by atoms with Gasteiger partial charge in [0.15, 0.2) is 0 Å². The molecule has 1 atom stereocenters. The van der Waals surface area contributed by atoms with E-state index in [0.717, 1.165) is 44.0 Å². The van der Waals surface area contributed by atoms with Crippen LogP contribution in [0.2, 0.25) is 5.02 Å². The maximum atomic E-state index is 6.38. The average Bonchev–Trinajstić information content (AvgIpc) is 3.20. The van der Waals surface area contributed by atoms with Gasteiger partial charge in [0.2, 0.25) is 0 Å². The van der Waals surface area contributed by atoms with E-state index < -0.39 is 0 Å². The van der Waals surface area contributed by atoms with Crippen molar-refractivity contribution in [3.8, 4) is 11.5 Å². The minimum atomic E-state index is 0.264. The first-order chi connectivity index (χ1) is 12.2. The van der Waals surface area contributed by atoms with Gasteiger partial charge >= 0.3 is 156 Å². The average molecular weight is 415 g/mol. The first kappa shape index (κ1) is 15.0. The predicted molar refractivity (Wildman–Crippen MR) is 96.8 cm³/mol. The third-order valence-corrected chi connectivity index (χ3v) is 4.96. The van der Waals surface area contributed by atoms with Gasteiger partial charge in [0, 0.05) is 0 Å². The molecular formula is C17H12AsClN4O2. The van der Waals surface area contributed by atoms with Crippen molar-refractivity contribution in [2.75, 3.05) is 6.79 Å². The Morgan fingerprint density at radius 1 is 1.12 bits per heavy atom. The molecule has 8 heteroatoms. The number of nitrogens with zero attached hydrogens (tertiary/aromatic N) is 4. The summed E-state index contributed by atoms with van der Waals surface area (Å²) in [5, 5.41) is 5.99. The molecule has 0 N–H and O–H groups in total. The molecule has 0 radical (unpaired) electrons. The second kappa shape index (κ2) is 5.61. The van der Waals surface area contributed by atoms with Crippen LogP contribution in [0.25, 0.3) is 16.6 Å². The zero-order valence-corrected chi connectivity index (χ0v) is 16.1. The van der Waals surface area contributed by atoms with Crippen molar-refractivity contribution in [3.63, 3.8) is 0 Å². The summed E-state index contributed by atoms with van der Waals surface area (Å²) >= 11 is 7.74. The molecule has 1 aliphatic heterocycles. The first-order valence-corrected chi connectivity index (χ1v) is 9.26. The van der Waals surface area contributed by atoms with Crippen molar-refractivity contribution in [1.82, 2.24) is 19.6 Å². The molecule has 0 spiro atoms. The quantitative estimate of drug-likeness (QED) is 0.465. The molecule has 0 saturated heterocycles. The summed E-state index contributed by atoms with van der Waals surface area (Å²) in [5.41, 5.74) is 2.62. The fraction of sp³-hybridized carbons (Fsp3) is 0.118. The van der Waals surface area contributed by atoms with Crippen LogP contribution in [0.3, 0.4) is 0 Å². The van der Waals surface area contributed by atoms with E-state index in [-0.39, 0.29) is 6.79 Å². The maximum absolute atomic E-state index is 6.38. The van der Waals surface area contributed by atoms with Gasteiger partial charge in [-0.05, 0) is 0 Å². The number of fused-ring (bicyclic) bond motifs is 4. The topological polar surface area (TPSA) is 61.5 Å². The second-order valence-corrected chi connectivity index (χ2v) is 7.22. The number of hydrogen-bond acceptors (Lipinski definition) is 5. The van der Waals surface area contributed by atoms with Crippen LogP contribution in [0.15, 0.2) is 36.4 Å². The molecule has 5 rings (SSSR count). The number of benzene rings is 2. The van der Waals surface area contributed by atoms with Crippen LogP contribution in [0.5, 0.6) is 11.5 Å². The summed E-state index contributed by atoms with van der Waals surface area (Å²) < 4.78 is 13.4. The molecule has 0 saturated carbocycles. The summed E-state index contributed by atoms with van der Waals surface area (Å²) in [7, 11) is 0. The van der Waals surface area contributed by atoms with Crippen LogP contribution in [0, 0.1) is 0 Å². The standard InChI is InChI=1S/C17H12AsClN4O2/c18-17-21-16-15-10(19)2-1-3-11(15)20-14(23(16)22-17)7-9-4-5-12-13(6-9)25-8-24-12/h1-6H,7-8,18H2. The predicted octanol–water partition coefficient (Wildman–Crippen LogP) is 1.51. The van der Waals surface area contributed by atoms with Gasteiger partial charge in [0.25, 0.3) is 0 Å². The monoisotopic (exact) mass is 414 g/mol. The first-order valence-electron chi connectivity index (χ1n) is 7.67. The zero-order chi connectivity index (χ0) is 17.0. The number of hydrogen-bond donors (Lipinski definition) is 0. The van der Waals surface area contributed by atoms with E-state index in [1.165, 1.54) is 16.9 Å². The van der Waals surface area contributed by atoms with Gasteiger partial charge in [-0.3, -0.25) is 0 Å². The normalized spacial score (nSPS) is 13.0. The molecule has 4 aromatic rings. The Morgan fingerprint density at radius 3 is 2.92 bits per heavy atom. The van der Waals surface area contributed by atoms with Crippen LogP contribution < -0.4 is 14.1 Å². The van der Waals surface area contributed by atoms with Gasteiger partial charge in [-0.25, -0.2) is 0 Å². The minimum absolute atomic E-state index is 0.264. The van der Waals surface area contributed by atoms with E-state index in [4.69, 9.17) is 26.1 Å². The molecule has 3 heterocycles. The summed E-state index contributed by atoms with van der Waals surface area (Å²) in [6.45, 7) is 0.264. The van der Waals surface area contributed by atoms with Gasteiger partial charge in [-0.15, -0.1) is 0 Å². The van der Waals surface area contributed by atoms with Crippen molar-refractivity contribution in [2.24, 2.45) is 0 Å². The van der Waals surface area contributed by atoms with Crippen molar-refractivity contribution >= 4 is 49.6 Å². The Hall–Kier alpha value is -2.30. The molecule has 6 nitrogen and oxygen atoms in total. The molecule has 0 amide bonds.